The Morgan fingerprint density at radius 3 is 2.35 bits per heavy atom. The fourth-order valence-electron chi connectivity index (χ4n) is 3.40. The number of methoxy groups -OCH3 is 1. The van der Waals surface area contributed by atoms with Gasteiger partial charge < -0.3 is 15.0 Å². The third-order valence-corrected chi connectivity index (χ3v) is 6.94. The Morgan fingerprint density at radius 1 is 1.06 bits per heavy atom. The van der Waals surface area contributed by atoms with Crippen LogP contribution in [0.25, 0.3) is 0 Å². The van der Waals surface area contributed by atoms with Crippen LogP contribution in [0, 0.1) is 5.82 Å². The molecule has 1 N–H and O–H groups in total. The summed E-state index contributed by atoms with van der Waals surface area (Å²) < 4.78 is 44.8. The average molecular weight is 450 g/mol. The van der Waals surface area contributed by atoms with Crippen LogP contribution < -0.4 is 5.32 Å². The molecule has 1 unspecified atom stereocenters. The number of carbonyl (C=O) groups excluding carboxylic acids is 2. The highest BCUT2D eigenvalue weighted by molar-refractivity contribution is 7.89. The number of nitrogens with one attached hydrogen (secondary N) is 1. The standard InChI is InChI=1S/C21H24FN3O5S/c1-30-21(27)23-19(14-16-6-3-2-4-7-16)20(26)24-10-12-25(13-11-24)31(28,29)18-9-5-8-17(22)15-18/h2-9,15,19H,10-14H2,1H3,(H,23,27). The molecule has 1 aliphatic heterocycles. The second-order valence-electron chi connectivity index (χ2n) is 7.06. The molecular formula is C21H24FN3O5S. The highest BCUT2D eigenvalue weighted by Crippen LogP contribution is 2.19. The van der Waals surface area contributed by atoms with Crippen LogP contribution in [0.15, 0.2) is 59.5 Å². The molecule has 0 spiro atoms. The third kappa shape index (κ3) is 5.59. The van der Waals surface area contributed by atoms with Gasteiger partial charge in [-0.2, -0.15) is 4.31 Å². The number of amides is 2. The van der Waals surface area contributed by atoms with Crippen molar-refractivity contribution in [1.29, 1.82) is 0 Å². The van der Waals surface area contributed by atoms with E-state index in [-0.39, 0.29) is 43.4 Å². The summed E-state index contributed by atoms with van der Waals surface area (Å²) in [5.74, 6) is -0.954. The zero-order valence-electron chi connectivity index (χ0n) is 17.0. The summed E-state index contributed by atoms with van der Waals surface area (Å²) in [6, 6.07) is 13.2. The molecule has 0 radical (unpaired) electrons. The van der Waals surface area contributed by atoms with Crippen molar-refractivity contribution in [3.8, 4) is 0 Å². The van der Waals surface area contributed by atoms with E-state index >= 15 is 0 Å². The van der Waals surface area contributed by atoms with Crippen molar-refractivity contribution in [3.05, 3.63) is 66.0 Å². The number of piperazine rings is 1. The van der Waals surface area contributed by atoms with Crippen molar-refractivity contribution in [1.82, 2.24) is 14.5 Å². The van der Waals surface area contributed by atoms with E-state index in [4.69, 9.17) is 0 Å². The highest BCUT2D eigenvalue weighted by atomic mass is 32.2. The van der Waals surface area contributed by atoms with E-state index in [1.807, 2.05) is 30.3 Å². The molecule has 2 aromatic rings. The molecule has 1 saturated heterocycles. The second kappa shape index (κ2) is 9.88. The fourth-order valence-corrected chi connectivity index (χ4v) is 4.85. The molecule has 166 valence electrons. The van der Waals surface area contributed by atoms with Crippen molar-refractivity contribution in [2.45, 2.75) is 17.4 Å². The summed E-state index contributed by atoms with van der Waals surface area (Å²) in [6.07, 6.45) is -0.446. The summed E-state index contributed by atoms with van der Waals surface area (Å²) in [7, 11) is -2.64. The van der Waals surface area contributed by atoms with Gasteiger partial charge in [-0.15, -0.1) is 0 Å². The lowest BCUT2D eigenvalue weighted by molar-refractivity contribution is -0.134. The van der Waals surface area contributed by atoms with E-state index < -0.39 is 28.0 Å². The predicted molar refractivity (Wildman–Crippen MR) is 111 cm³/mol. The highest BCUT2D eigenvalue weighted by Gasteiger charge is 2.33. The summed E-state index contributed by atoms with van der Waals surface area (Å²) in [6.45, 7) is 0.449. The largest absolute Gasteiger partial charge is 0.453 e. The quantitative estimate of drug-likeness (QED) is 0.723. The number of ether oxygens (including phenoxy) is 1. The molecular weight excluding hydrogens is 425 g/mol. The molecule has 0 aliphatic carbocycles. The van der Waals surface area contributed by atoms with Crippen LogP contribution in [0.1, 0.15) is 5.56 Å². The number of benzene rings is 2. The summed E-state index contributed by atoms with van der Waals surface area (Å²) in [5, 5.41) is 2.56. The maximum Gasteiger partial charge on any atom is 0.407 e. The lowest BCUT2D eigenvalue weighted by Gasteiger charge is -2.35. The molecule has 1 heterocycles. The lowest BCUT2D eigenvalue weighted by Crippen LogP contribution is -2.56. The zero-order valence-corrected chi connectivity index (χ0v) is 17.8. The Bertz CT molecular complexity index is 1020. The van der Waals surface area contributed by atoms with Crippen molar-refractivity contribution in [3.63, 3.8) is 0 Å². The van der Waals surface area contributed by atoms with E-state index in [0.717, 1.165) is 11.6 Å². The number of halogens is 1. The Hall–Kier alpha value is -2.98. The van der Waals surface area contributed by atoms with E-state index in [9.17, 15) is 22.4 Å². The second-order valence-corrected chi connectivity index (χ2v) is 9.00. The Kier molecular flexibility index (Phi) is 7.24. The molecule has 1 aliphatic rings. The normalized spacial score (nSPS) is 15.9. The molecule has 1 atom stereocenters. The van der Waals surface area contributed by atoms with Gasteiger partial charge in [0.2, 0.25) is 15.9 Å². The minimum absolute atomic E-state index is 0.0703. The number of nitrogens with zero attached hydrogens (tertiary/aromatic N) is 2. The first-order valence-corrected chi connectivity index (χ1v) is 11.2. The van der Waals surface area contributed by atoms with Crippen LogP contribution in [0.2, 0.25) is 0 Å². The summed E-state index contributed by atoms with van der Waals surface area (Å²) in [4.78, 5) is 26.2. The Labute approximate surface area is 180 Å². The minimum Gasteiger partial charge on any atom is -0.453 e. The van der Waals surface area contributed by atoms with Gasteiger partial charge in [-0.25, -0.2) is 17.6 Å². The summed E-state index contributed by atoms with van der Waals surface area (Å²) >= 11 is 0. The third-order valence-electron chi connectivity index (χ3n) is 5.04. The van der Waals surface area contributed by atoms with Crippen LogP contribution in [-0.2, 0) is 26.0 Å². The van der Waals surface area contributed by atoms with Crippen molar-refractivity contribution in [2.24, 2.45) is 0 Å². The molecule has 2 aromatic carbocycles. The van der Waals surface area contributed by atoms with Gasteiger partial charge in [-0.3, -0.25) is 4.79 Å². The predicted octanol–water partition coefficient (Wildman–Crippen LogP) is 1.63. The molecule has 2 amide bonds. The Morgan fingerprint density at radius 2 is 1.74 bits per heavy atom. The monoisotopic (exact) mass is 449 g/mol. The van der Waals surface area contributed by atoms with Crippen LogP contribution in [0.3, 0.4) is 0 Å². The van der Waals surface area contributed by atoms with Crippen LogP contribution in [0.4, 0.5) is 9.18 Å². The van der Waals surface area contributed by atoms with Gasteiger partial charge in [0, 0.05) is 32.6 Å². The zero-order chi connectivity index (χ0) is 22.4. The van der Waals surface area contributed by atoms with Crippen molar-refractivity contribution >= 4 is 22.0 Å². The molecule has 10 heteroatoms. The molecule has 8 nitrogen and oxygen atoms in total. The first-order valence-electron chi connectivity index (χ1n) is 9.74. The Balaban J connectivity index is 1.68. The van der Waals surface area contributed by atoms with E-state index in [1.165, 1.54) is 34.5 Å². The molecule has 1 fully saturated rings. The number of alkyl carbamates (subject to hydrolysis) is 1. The van der Waals surface area contributed by atoms with Crippen LogP contribution in [-0.4, -0.2) is 69.0 Å². The lowest BCUT2D eigenvalue weighted by atomic mass is 10.0. The molecule has 0 bridgehead atoms. The molecule has 0 saturated carbocycles. The van der Waals surface area contributed by atoms with Gasteiger partial charge in [0.25, 0.3) is 0 Å². The van der Waals surface area contributed by atoms with Gasteiger partial charge in [-0.05, 0) is 23.8 Å². The minimum atomic E-state index is -3.86. The van der Waals surface area contributed by atoms with Gasteiger partial charge in [0.1, 0.15) is 11.9 Å². The SMILES string of the molecule is COC(=O)NC(Cc1ccccc1)C(=O)N1CCN(S(=O)(=O)c2cccc(F)c2)CC1. The number of hydrogen-bond donors (Lipinski definition) is 1. The maximum absolute atomic E-state index is 13.5. The van der Waals surface area contributed by atoms with E-state index in [1.54, 1.807) is 0 Å². The van der Waals surface area contributed by atoms with Crippen LogP contribution in [0.5, 0.6) is 0 Å². The van der Waals surface area contributed by atoms with Gasteiger partial charge in [-0.1, -0.05) is 36.4 Å². The van der Waals surface area contributed by atoms with E-state index in [2.05, 4.69) is 10.1 Å². The molecule has 3 rings (SSSR count). The fraction of sp³-hybridized carbons (Fsp3) is 0.333. The van der Waals surface area contributed by atoms with Crippen molar-refractivity contribution in [2.75, 3.05) is 33.3 Å². The van der Waals surface area contributed by atoms with Gasteiger partial charge in [0.15, 0.2) is 0 Å². The van der Waals surface area contributed by atoms with Gasteiger partial charge >= 0.3 is 6.09 Å². The number of hydrogen-bond acceptors (Lipinski definition) is 5. The number of rotatable bonds is 6. The molecule has 0 aromatic heterocycles. The van der Waals surface area contributed by atoms with Crippen molar-refractivity contribution < 1.29 is 27.1 Å². The van der Waals surface area contributed by atoms with E-state index in [0.29, 0.717) is 0 Å². The maximum atomic E-state index is 13.5. The topological polar surface area (TPSA) is 96.0 Å². The number of sulfonamides is 1. The summed E-state index contributed by atoms with van der Waals surface area (Å²) in [5.41, 5.74) is 0.865. The number of carbonyl (C=O) groups is 2. The average Bonchev–Trinajstić information content (AvgIpc) is 2.79. The van der Waals surface area contributed by atoms with Gasteiger partial charge in [0.05, 0.1) is 12.0 Å². The smallest absolute Gasteiger partial charge is 0.407 e. The molecule has 31 heavy (non-hydrogen) atoms. The van der Waals surface area contributed by atoms with Crippen LogP contribution >= 0.6 is 0 Å². The first-order chi connectivity index (χ1) is 14.8. The first kappa shape index (κ1) is 22.7.